The van der Waals surface area contributed by atoms with Gasteiger partial charge in [-0.1, -0.05) is 15.9 Å². The summed E-state index contributed by atoms with van der Waals surface area (Å²) in [6.07, 6.45) is 2.41. The van der Waals surface area contributed by atoms with Crippen LogP contribution < -0.4 is 4.72 Å². The molecular weight excluding hydrogens is 296 g/mol. The van der Waals surface area contributed by atoms with E-state index in [1.807, 2.05) is 0 Å². The molecule has 1 aliphatic carbocycles. The van der Waals surface area contributed by atoms with Gasteiger partial charge in [-0.15, -0.1) is 0 Å². The van der Waals surface area contributed by atoms with Crippen molar-refractivity contribution in [2.75, 3.05) is 32.8 Å². The molecule has 1 atom stereocenters. The molecule has 7 heteroatoms. The Morgan fingerprint density at radius 2 is 2.00 bits per heavy atom. The normalized spacial score (nSPS) is 25.6. The second-order valence-electron chi connectivity index (χ2n) is 4.22. The maximum absolute atomic E-state index is 11.9. The highest BCUT2D eigenvalue weighted by Gasteiger charge is 2.31. The van der Waals surface area contributed by atoms with Crippen molar-refractivity contribution in [1.82, 2.24) is 9.03 Å². The molecule has 2 rings (SSSR count). The maximum atomic E-state index is 11.9. The average molecular weight is 313 g/mol. The Kier molecular flexibility index (Phi) is 4.23. The average Bonchev–Trinajstić information content (AvgIpc) is 3.11. The van der Waals surface area contributed by atoms with Gasteiger partial charge < -0.3 is 4.74 Å². The maximum Gasteiger partial charge on any atom is 0.279 e. The third-order valence-corrected chi connectivity index (χ3v) is 5.55. The first-order valence-electron chi connectivity index (χ1n) is 5.56. The number of hydrogen-bond acceptors (Lipinski definition) is 3. The van der Waals surface area contributed by atoms with Crippen molar-refractivity contribution in [2.24, 2.45) is 5.92 Å². The summed E-state index contributed by atoms with van der Waals surface area (Å²) in [6.45, 7) is 2.35. The third kappa shape index (κ3) is 3.40. The summed E-state index contributed by atoms with van der Waals surface area (Å²) >= 11 is 3.51. The molecule has 0 amide bonds. The molecule has 0 aromatic heterocycles. The van der Waals surface area contributed by atoms with Crippen molar-refractivity contribution in [3.63, 3.8) is 0 Å². The summed E-state index contributed by atoms with van der Waals surface area (Å²) in [7, 11) is -3.31. The molecule has 1 heterocycles. The minimum absolute atomic E-state index is 0.267. The number of ether oxygens (including phenoxy) is 1. The van der Waals surface area contributed by atoms with E-state index < -0.39 is 10.2 Å². The number of alkyl halides is 1. The molecule has 1 saturated carbocycles. The van der Waals surface area contributed by atoms with Crippen LogP contribution in [0.5, 0.6) is 0 Å². The van der Waals surface area contributed by atoms with Crippen molar-refractivity contribution in [3.05, 3.63) is 0 Å². The van der Waals surface area contributed by atoms with E-state index in [0.29, 0.717) is 38.8 Å². The largest absolute Gasteiger partial charge is 0.379 e. The lowest BCUT2D eigenvalue weighted by atomic mass is 10.3. The monoisotopic (exact) mass is 312 g/mol. The Morgan fingerprint density at radius 3 is 2.56 bits per heavy atom. The second-order valence-corrected chi connectivity index (χ2v) is 7.15. The van der Waals surface area contributed by atoms with Gasteiger partial charge in [-0.2, -0.15) is 12.7 Å². The van der Waals surface area contributed by atoms with Crippen molar-refractivity contribution in [1.29, 1.82) is 0 Å². The fourth-order valence-corrected chi connectivity index (χ4v) is 3.80. The number of rotatable bonds is 5. The zero-order valence-electron chi connectivity index (χ0n) is 9.06. The van der Waals surface area contributed by atoms with Crippen molar-refractivity contribution in [3.8, 4) is 0 Å². The predicted octanol–water partition coefficient (Wildman–Crippen LogP) is 0.327. The summed E-state index contributed by atoms with van der Waals surface area (Å²) < 4.78 is 33.0. The van der Waals surface area contributed by atoms with Crippen LogP contribution in [0.2, 0.25) is 0 Å². The van der Waals surface area contributed by atoms with Crippen LogP contribution >= 0.6 is 15.9 Å². The molecule has 0 aromatic carbocycles. The van der Waals surface area contributed by atoms with Crippen LogP contribution in [0, 0.1) is 5.92 Å². The Bertz CT molecular complexity index is 326. The van der Waals surface area contributed by atoms with E-state index in [0.717, 1.165) is 0 Å². The van der Waals surface area contributed by atoms with Crippen LogP contribution in [0.1, 0.15) is 12.8 Å². The fraction of sp³-hybridized carbons (Fsp3) is 1.00. The molecule has 1 unspecified atom stereocenters. The highest BCUT2D eigenvalue weighted by atomic mass is 79.9. The lowest BCUT2D eigenvalue weighted by Gasteiger charge is -2.26. The van der Waals surface area contributed by atoms with Crippen LogP contribution in [0.4, 0.5) is 0 Å². The summed E-state index contributed by atoms with van der Waals surface area (Å²) in [5, 5.41) is 0. The molecule has 0 bridgehead atoms. The Labute approximate surface area is 105 Å². The predicted molar refractivity (Wildman–Crippen MR) is 64.8 cm³/mol. The van der Waals surface area contributed by atoms with Gasteiger partial charge in [0.05, 0.1) is 13.2 Å². The number of hydrogen-bond donors (Lipinski definition) is 1. The van der Waals surface area contributed by atoms with Crippen LogP contribution in [0.25, 0.3) is 0 Å². The summed E-state index contributed by atoms with van der Waals surface area (Å²) in [4.78, 5) is 0.267. The van der Waals surface area contributed by atoms with Crippen LogP contribution in [-0.4, -0.2) is 50.4 Å². The first-order chi connectivity index (χ1) is 7.59. The molecule has 2 fully saturated rings. The van der Waals surface area contributed by atoms with Gasteiger partial charge in [0, 0.05) is 24.5 Å². The number of morpholine rings is 1. The fourth-order valence-electron chi connectivity index (χ4n) is 1.69. The van der Waals surface area contributed by atoms with Gasteiger partial charge in [0.15, 0.2) is 0 Å². The van der Waals surface area contributed by atoms with E-state index in [1.54, 1.807) is 0 Å². The zero-order valence-corrected chi connectivity index (χ0v) is 11.5. The quantitative estimate of drug-likeness (QED) is 0.744. The molecule has 5 nitrogen and oxygen atoms in total. The van der Waals surface area contributed by atoms with E-state index in [4.69, 9.17) is 4.74 Å². The lowest BCUT2D eigenvalue weighted by Crippen LogP contribution is -2.47. The molecule has 1 saturated heterocycles. The zero-order chi connectivity index (χ0) is 11.6. The number of nitrogens with one attached hydrogen (secondary N) is 1. The van der Waals surface area contributed by atoms with E-state index in [1.165, 1.54) is 17.1 Å². The smallest absolute Gasteiger partial charge is 0.279 e. The Hall–Kier alpha value is 0.310. The van der Waals surface area contributed by atoms with Crippen LogP contribution in [0.3, 0.4) is 0 Å². The van der Waals surface area contributed by atoms with Gasteiger partial charge in [0.2, 0.25) is 0 Å². The standard InChI is InChI=1S/C9H17BrN2O3S/c10-9(8-1-2-8)7-11-16(13,14)12-3-5-15-6-4-12/h8-9,11H,1-7H2. The topological polar surface area (TPSA) is 58.6 Å². The Balaban J connectivity index is 1.81. The van der Waals surface area contributed by atoms with E-state index in [9.17, 15) is 8.42 Å². The van der Waals surface area contributed by atoms with Gasteiger partial charge in [0.25, 0.3) is 10.2 Å². The first kappa shape index (κ1) is 12.8. The molecule has 0 aromatic rings. The number of halogens is 1. The summed E-state index contributed by atoms with van der Waals surface area (Å²) in [5.41, 5.74) is 0. The SMILES string of the molecule is O=S(=O)(NCC(Br)C1CC1)N1CCOCC1. The minimum Gasteiger partial charge on any atom is -0.379 e. The molecule has 0 radical (unpaired) electrons. The van der Waals surface area contributed by atoms with Gasteiger partial charge in [-0.05, 0) is 18.8 Å². The van der Waals surface area contributed by atoms with Gasteiger partial charge in [0.1, 0.15) is 0 Å². The molecule has 94 valence electrons. The van der Waals surface area contributed by atoms with E-state index in [-0.39, 0.29) is 4.83 Å². The molecule has 0 spiro atoms. The van der Waals surface area contributed by atoms with Gasteiger partial charge in [-0.3, -0.25) is 0 Å². The molecule has 2 aliphatic rings. The highest BCUT2D eigenvalue weighted by molar-refractivity contribution is 9.09. The van der Waals surface area contributed by atoms with Crippen molar-refractivity contribution >= 4 is 26.1 Å². The number of nitrogens with zero attached hydrogens (tertiary/aromatic N) is 1. The summed E-state index contributed by atoms with van der Waals surface area (Å²) in [6, 6.07) is 0. The summed E-state index contributed by atoms with van der Waals surface area (Å²) in [5.74, 6) is 0.646. The van der Waals surface area contributed by atoms with Crippen LogP contribution in [-0.2, 0) is 14.9 Å². The van der Waals surface area contributed by atoms with Crippen LogP contribution in [0.15, 0.2) is 0 Å². The third-order valence-electron chi connectivity index (χ3n) is 2.90. The molecular formula is C9H17BrN2O3S. The highest BCUT2D eigenvalue weighted by Crippen LogP contribution is 2.36. The lowest BCUT2D eigenvalue weighted by molar-refractivity contribution is 0.0725. The molecule has 1 N–H and O–H groups in total. The first-order valence-corrected chi connectivity index (χ1v) is 7.92. The van der Waals surface area contributed by atoms with Crippen molar-refractivity contribution < 1.29 is 13.2 Å². The van der Waals surface area contributed by atoms with Crippen molar-refractivity contribution in [2.45, 2.75) is 17.7 Å². The Morgan fingerprint density at radius 1 is 1.38 bits per heavy atom. The van der Waals surface area contributed by atoms with Gasteiger partial charge >= 0.3 is 0 Å². The van der Waals surface area contributed by atoms with E-state index in [2.05, 4.69) is 20.7 Å². The van der Waals surface area contributed by atoms with Gasteiger partial charge in [-0.25, -0.2) is 4.72 Å². The second kappa shape index (κ2) is 5.30. The van der Waals surface area contributed by atoms with E-state index >= 15 is 0 Å². The molecule has 16 heavy (non-hydrogen) atoms. The minimum atomic E-state index is -3.31. The molecule has 1 aliphatic heterocycles.